The molecule has 8 heteroatoms. The number of halogens is 3. The maximum atomic E-state index is 12.8. The molecule has 0 aliphatic heterocycles. The Hall–Kier alpha value is -1.80. The van der Waals surface area contributed by atoms with Crippen molar-refractivity contribution in [2.45, 2.75) is 19.5 Å². The number of aliphatic hydroxyl groups excluding tert-OH is 1. The molecule has 1 aromatic carbocycles. The molecule has 0 heterocycles. The van der Waals surface area contributed by atoms with Crippen LogP contribution in [0.5, 0.6) is 0 Å². The summed E-state index contributed by atoms with van der Waals surface area (Å²) in [5, 5.41) is 13.4. The third kappa shape index (κ3) is 5.90. The molecule has 3 N–H and O–H groups in total. The Morgan fingerprint density at radius 3 is 2.68 bits per heavy atom. The van der Waals surface area contributed by atoms with Gasteiger partial charge < -0.3 is 20.5 Å². The first-order valence-electron chi connectivity index (χ1n) is 6.76. The van der Waals surface area contributed by atoms with E-state index in [1.54, 1.807) is 0 Å². The number of urea groups is 1. The van der Waals surface area contributed by atoms with E-state index in [0.717, 1.165) is 6.07 Å². The van der Waals surface area contributed by atoms with Gasteiger partial charge in [-0.1, -0.05) is 6.07 Å². The SMILES string of the molecule is Cc1c(NC(=O)NCCCOCCO)cccc1C(F)(F)F. The van der Waals surface area contributed by atoms with Gasteiger partial charge in [-0.2, -0.15) is 13.2 Å². The van der Waals surface area contributed by atoms with E-state index in [4.69, 9.17) is 9.84 Å². The zero-order valence-electron chi connectivity index (χ0n) is 12.2. The second-order valence-corrected chi connectivity index (χ2v) is 4.55. The lowest BCUT2D eigenvalue weighted by Gasteiger charge is -2.15. The Labute approximate surface area is 126 Å². The van der Waals surface area contributed by atoms with Crippen molar-refractivity contribution in [1.82, 2.24) is 5.32 Å². The minimum Gasteiger partial charge on any atom is -0.394 e. The second-order valence-electron chi connectivity index (χ2n) is 4.55. The van der Waals surface area contributed by atoms with Crippen LogP contribution in [-0.4, -0.2) is 37.5 Å². The molecule has 0 aromatic heterocycles. The average molecular weight is 320 g/mol. The van der Waals surface area contributed by atoms with Crippen LogP contribution in [-0.2, 0) is 10.9 Å². The van der Waals surface area contributed by atoms with Crippen LogP contribution in [0.15, 0.2) is 18.2 Å². The van der Waals surface area contributed by atoms with Gasteiger partial charge in [0.1, 0.15) is 0 Å². The number of nitrogens with one attached hydrogen (secondary N) is 2. The summed E-state index contributed by atoms with van der Waals surface area (Å²) in [6.45, 7) is 2.16. The molecule has 0 aliphatic carbocycles. The van der Waals surface area contributed by atoms with Crippen molar-refractivity contribution >= 4 is 11.7 Å². The first kappa shape index (κ1) is 18.2. The standard InChI is InChI=1S/C14H19F3N2O3/c1-10-11(14(15,16)17)4-2-5-12(10)19-13(21)18-6-3-8-22-9-7-20/h2,4-5,20H,3,6-9H2,1H3,(H2,18,19,21). The normalized spacial score (nSPS) is 11.3. The van der Waals surface area contributed by atoms with Crippen molar-refractivity contribution in [3.63, 3.8) is 0 Å². The van der Waals surface area contributed by atoms with Gasteiger partial charge in [-0.25, -0.2) is 4.79 Å². The van der Waals surface area contributed by atoms with Gasteiger partial charge in [0, 0.05) is 18.8 Å². The summed E-state index contributed by atoms with van der Waals surface area (Å²) in [6.07, 6.45) is -3.92. The number of carbonyl (C=O) groups is 1. The fourth-order valence-corrected chi connectivity index (χ4v) is 1.79. The van der Waals surface area contributed by atoms with Gasteiger partial charge in [0.05, 0.1) is 18.8 Å². The van der Waals surface area contributed by atoms with Crippen molar-refractivity contribution in [2.75, 3.05) is 31.7 Å². The molecule has 0 radical (unpaired) electrons. The molecule has 124 valence electrons. The highest BCUT2D eigenvalue weighted by Gasteiger charge is 2.32. The summed E-state index contributed by atoms with van der Waals surface area (Å²) in [7, 11) is 0. The van der Waals surface area contributed by atoms with Crippen molar-refractivity contribution in [3.8, 4) is 0 Å². The summed E-state index contributed by atoms with van der Waals surface area (Å²) in [6, 6.07) is 3.05. The molecular weight excluding hydrogens is 301 g/mol. The van der Waals surface area contributed by atoms with E-state index in [1.807, 2.05) is 0 Å². The highest BCUT2D eigenvalue weighted by molar-refractivity contribution is 5.90. The zero-order valence-corrected chi connectivity index (χ0v) is 12.2. The number of alkyl halides is 3. The number of aliphatic hydroxyl groups is 1. The molecular formula is C14H19F3N2O3. The minimum atomic E-state index is -4.46. The van der Waals surface area contributed by atoms with E-state index in [0.29, 0.717) is 19.6 Å². The molecule has 1 rings (SSSR count). The first-order valence-corrected chi connectivity index (χ1v) is 6.76. The lowest BCUT2D eigenvalue weighted by atomic mass is 10.1. The third-order valence-electron chi connectivity index (χ3n) is 2.87. The summed E-state index contributed by atoms with van der Waals surface area (Å²) in [5.74, 6) is 0. The molecule has 22 heavy (non-hydrogen) atoms. The molecule has 0 spiro atoms. The molecule has 0 aliphatic rings. The van der Waals surface area contributed by atoms with Gasteiger partial charge in [0.2, 0.25) is 0 Å². The van der Waals surface area contributed by atoms with E-state index in [2.05, 4.69) is 10.6 Å². The number of benzene rings is 1. The van der Waals surface area contributed by atoms with Gasteiger partial charge in [-0.15, -0.1) is 0 Å². The van der Waals surface area contributed by atoms with E-state index in [9.17, 15) is 18.0 Å². The van der Waals surface area contributed by atoms with Crippen molar-refractivity contribution in [1.29, 1.82) is 0 Å². The molecule has 0 fully saturated rings. The Morgan fingerprint density at radius 2 is 2.05 bits per heavy atom. The maximum absolute atomic E-state index is 12.8. The number of anilines is 1. The third-order valence-corrected chi connectivity index (χ3v) is 2.87. The predicted octanol–water partition coefficient (Wildman–Crippen LogP) is 2.53. The van der Waals surface area contributed by atoms with Crippen LogP contribution in [0.25, 0.3) is 0 Å². The number of amides is 2. The first-order chi connectivity index (χ1) is 10.4. The Morgan fingerprint density at radius 1 is 1.32 bits per heavy atom. The highest BCUT2D eigenvalue weighted by Crippen LogP contribution is 2.34. The quantitative estimate of drug-likeness (QED) is 0.676. The highest BCUT2D eigenvalue weighted by atomic mass is 19.4. The van der Waals surface area contributed by atoms with Crippen LogP contribution in [0.3, 0.4) is 0 Å². The molecule has 5 nitrogen and oxygen atoms in total. The molecule has 0 saturated heterocycles. The number of hydrogen-bond acceptors (Lipinski definition) is 3. The Bertz CT molecular complexity index is 493. The van der Waals surface area contributed by atoms with Crippen LogP contribution in [0.2, 0.25) is 0 Å². The van der Waals surface area contributed by atoms with Crippen molar-refractivity contribution in [3.05, 3.63) is 29.3 Å². The molecule has 0 unspecified atom stereocenters. The van der Waals surface area contributed by atoms with Crippen molar-refractivity contribution in [2.24, 2.45) is 0 Å². The number of ether oxygens (including phenoxy) is 1. The molecule has 2 amide bonds. The second kappa shape index (κ2) is 8.60. The van der Waals surface area contributed by atoms with Gasteiger partial charge in [0.25, 0.3) is 0 Å². The van der Waals surface area contributed by atoms with Crippen molar-refractivity contribution < 1.29 is 27.8 Å². The molecule has 0 atom stereocenters. The Balaban J connectivity index is 2.48. The fraction of sp³-hybridized carbons (Fsp3) is 0.500. The van der Waals surface area contributed by atoms with Gasteiger partial charge in [0.15, 0.2) is 0 Å². The monoisotopic (exact) mass is 320 g/mol. The van der Waals surface area contributed by atoms with E-state index < -0.39 is 17.8 Å². The van der Waals surface area contributed by atoms with Gasteiger partial charge in [-0.3, -0.25) is 0 Å². The van der Waals surface area contributed by atoms with Gasteiger partial charge >= 0.3 is 12.2 Å². The largest absolute Gasteiger partial charge is 0.416 e. The van der Waals surface area contributed by atoms with Crippen LogP contribution in [0.4, 0.5) is 23.7 Å². The zero-order chi connectivity index (χ0) is 16.6. The molecule has 0 bridgehead atoms. The van der Waals surface area contributed by atoms with Crippen LogP contribution >= 0.6 is 0 Å². The topological polar surface area (TPSA) is 70.6 Å². The van der Waals surface area contributed by atoms with Crippen LogP contribution in [0.1, 0.15) is 17.5 Å². The van der Waals surface area contributed by atoms with Crippen LogP contribution in [0, 0.1) is 6.92 Å². The Kier molecular flexibility index (Phi) is 7.13. The minimum absolute atomic E-state index is 0.0311. The maximum Gasteiger partial charge on any atom is 0.416 e. The number of hydrogen-bond donors (Lipinski definition) is 3. The molecule has 1 aromatic rings. The lowest BCUT2D eigenvalue weighted by molar-refractivity contribution is -0.138. The van der Waals surface area contributed by atoms with E-state index in [-0.39, 0.29) is 24.5 Å². The van der Waals surface area contributed by atoms with Crippen LogP contribution < -0.4 is 10.6 Å². The smallest absolute Gasteiger partial charge is 0.394 e. The lowest BCUT2D eigenvalue weighted by Crippen LogP contribution is -2.30. The number of carbonyl (C=O) groups excluding carboxylic acids is 1. The average Bonchev–Trinajstić information content (AvgIpc) is 2.43. The summed E-state index contributed by atoms with van der Waals surface area (Å²) < 4.78 is 43.3. The summed E-state index contributed by atoms with van der Waals surface area (Å²) in [4.78, 5) is 11.6. The summed E-state index contributed by atoms with van der Waals surface area (Å²) >= 11 is 0. The van der Waals surface area contributed by atoms with E-state index >= 15 is 0 Å². The van der Waals surface area contributed by atoms with Gasteiger partial charge in [-0.05, 0) is 31.0 Å². The molecule has 0 saturated carbocycles. The fourth-order valence-electron chi connectivity index (χ4n) is 1.79. The number of rotatable bonds is 7. The summed E-state index contributed by atoms with van der Waals surface area (Å²) in [5.41, 5.74) is -0.692. The van der Waals surface area contributed by atoms with E-state index in [1.165, 1.54) is 19.1 Å². The predicted molar refractivity (Wildman–Crippen MR) is 75.7 cm³/mol.